The molecule has 0 radical (unpaired) electrons. The Morgan fingerprint density at radius 1 is 1.31 bits per heavy atom. The predicted molar refractivity (Wildman–Crippen MR) is 98.7 cm³/mol. The van der Waals surface area contributed by atoms with Crippen LogP contribution < -0.4 is 11.1 Å². The number of nitrogens with zero attached hydrogens (tertiary/aromatic N) is 2. The van der Waals surface area contributed by atoms with Crippen molar-refractivity contribution in [3.63, 3.8) is 0 Å². The quantitative estimate of drug-likeness (QED) is 0.653. The number of nitrogens with two attached hydrogens (primary N) is 1. The average molecular weight is 432 g/mol. The number of alkyl halides is 3. The van der Waals surface area contributed by atoms with Crippen molar-refractivity contribution in [3.05, 3.63) is 33.5 Å². The van der Waals surface area contributed by atoms with E-state index in [4.69, 9.17) is 10.5 Å². The molecular weight excluding hydrogens is 413 g/mol. The lowest BCUT2D eigenvalue weighted by Gasteiger charge is -2.08. The Morgan fingerprint density at radius 2 is 1.97 bits per heavy atom. The van der Waals surface area contributed by atoms with Crippen molar-refractivity contribution in [1.29, 1.82) is 0 Å². The largest absolute Gasteiger partial charge is 0.462 e. The molecule has 2 aromatic rings. The number of esters is 1. The lowest BCUT2D eigenvalue weighted by atomic mass is 10.1. The van der Waals surface area contributed by atoms with Crippen LogP contribution in [0.15, 0.2) is 6.07 Å². The van der Waals surface area contributed by atoms with Crippen molar-refractivity contribution in [2.24, 2.45) is 5.73 Å². The van der Waals surface area contributed by atoms with Gasteiger partial charge in [-0.05, 0) is 32.4 Å². The lowest BCUT2D eigenvalue weighted by molar-refractivity contribution is -0.141. The molecule has 2 heterocycles. The summed E-state index contributed by atoms with van der Waals surface area (Å²) in [6, 6.07) is 0.887. The molecule has 2 rings (SSSR count). The summed E-state index contributed by atoms with van der Waals surface area (Å²) in [4.78, 5) is 36.1. The molecule has 158 valence electrons. The molecule has 0 aliphatic carbocycles. The molecule has 8 nitrogen and oxygen atoms in total. The average Bonchev–Trinajstić information content (AvgIpc) is 3.13. The van der Waals surface area contributed by atoms with E-state index in [-0.39, 0.29) is 46.3 Å². The molecule has 0 bridgehead atoms. The predicted octanol–water partition coefficient (Wildman–Crippen LogP) is 2.88. The smallest absolute Gasteiger partial charge is 0.435 e. The van der Waals surface area contributed by atoms with Crippen LogP contribution in [0.4, 0.5) is 18.2 Å². The van der Waals surface area contributed by atoms with Gasteiger partial charge in [-0.25, -0.2) is 4.79 Å². The summed E-state index contributed by atoms with van der Waals surface area (Å²) in [5.41, 5.74) is 4.81. The summed E-state index contributed by atoms with van der Waals surface area (Å²) in [6.45, 7) is 4.54. The maximum atomic E-state index is 12.7. The van der Waals surface area contributed by atoms with Crippen molar-refractivity contribution in [3.8, 4) is 0 Å². The van der Waals surface area contributed by atoms with Gasteiger partial charge in [0, 0.05) is 18.7 Å². The number of thiophene rings is 1. The van der Waals surface area contributed by atoms with Crippen LogP contribution >= 0.6 is 11.3 Å². The number of carbonyl (C=O) groups excluding carboxylic acids is 3. The zero-order valence-corrected chi connectivity index (χ0v) is 16.7. The van der Waals surface area contributed by atoms with E-state index < -0.39 is 29.7 Å². The van der Waals surface area contributed by atoms with Gasteiger partial charge in [0.15, 0.2) is 5.69 Å². The molecule has 0 atom stereocenters. The number of anilines is 1. The fraction of sp³-hybridized carbons (Fsp3) is 0.412. The van der Waals surface area contributed by atoms with Gasteiger partial charge in [0.2, 0.25) is 5.91 Å². The van der Waals surface area contributed by atoms with Gasteiger partial charge in [0.1, 0.15) is 5.00 Å². The molecule has 2 aromatic heterocycles. The molecule has 12 heteroatoms. The second-order valence-electron chi connectivity index (χ2n) is 6.04. The van der Waals surface area contributed by atoms with Gasteiger partial charge < -0.3 is 15.8 Å². The molecule has 0 saturated carbocycles. The number of amides is 2. The second kappa shape index (κ2) is 8.64. The van der Waals surface area contributed by atoms with Crippen molar-refractivity contribution >= 4 is 34.1 Å². The Morgan fingerprint density at radius 3 is 2.48 bits per heavy atom. The van der Waals surface area contributed by atoms with E-state index in [9.17, 15) is 27.6 Å². The molecule has 0 saturated heterocycles. The normalized spacial score (nSPS) is 11.4. The SMILES string of the molecule is CCOC(=O)c1c(NC(=O)CCn2nc(C(F)(F)F)cc2C)sc(C(N)=O)c1C. The minimum Gasteiger partial charge on any atom is -0.462 e. The third-order valence-corrected chi connectivity index (χ3v) is 5.15. The monoisotopic (exact) mass is 432 g/mol. The maximum Gasteiger partial charge on any atom is 0.435 e. The van der Waals surface area contributed by atoms with Crippen LogP contribution in [-0.2, 0) is 22.3 Å². The molecule has 0 aromatic carbocycles. The minimum atomic E-state index is -4.58. The third-order valence-electron chi connectivity index (χ3n) is 3.93. The van der Waals surface area contributed by atoms with Gasteiger partial charge in [-0.1, -0.05) is 0 Å². The standard InChI is InChI=1S/C17H19F3N4O4S/c1-4-28-16(27)12-9(3)13(14(21)26)29-15(12)22-11(25)5-6-24-8(2)7-10(23-24)17(18,19)20/h7H,4-6H2,1-3H3,(H2,21,26)(H,22,25). The first-order valence-electron chi connectivity index (χ1n) is 8.47. The fourth-order valence-corrected chi connectivity index (χ4v) is 3.62. The van der Waals surface area contributed by atoms with Crippen LogP contribution in [-0.4, -0.2) is 34.2 Å². The highest BCUT2D eigenvalue weighted by Gasteiger charge is 2.34. The van der Waals surface area contributed by atoms with Crippen LogP contribution in [0, 0.1) is 13.8 Å². The van der Waals surface area contributed by atoms with Gasteiger partial charge in [-0.15, -0.1) is 11.3 Å². The Kier molecular flexibility index (Phi) is 6.67. The second-order valence-corrected chi connectivity index (χ2v) is 7.06. The number of hydrogen-bond donors (Lipinski definition) is 2. The van der Waals surface area contributed by atoms with Gasteiger partial charge >= 0.3 is 12.1 Å². The van der Waals surface area contributed by atoms with Crippen LogP contribution in [0.2, 0.25) is 0 Å². The molecular formula is C17H19F3N4O4S. The van der Waals surface area contributed by atoms with Crippen LogP contribution in [0.25, 0.3) is 0 Å². The van der Waals surface area contributed by atoms with E-state index in [0.717, 1.165) is 22.1 Å². The highest BCUT2D eigenvalue weighted by Crippen LogP contribution is 2.33. The van der Waals surface area contributed by atoms with Crippen molar-refractivity contribution in [1.82, 2.24) is 9.78 Å². The number of halogens is 3. The summed E-state index contributed by atoms with van der Waals surface area (Å²) in [7, 11) is 0. The number of aromatic nitrogens is 2. The topological polar surface area (TPSA) is 116 Å². The number of primary amides is 1. The number of nitrogens with one attached hydrogen (secondary N) is 1. The number of carbonyl (C=O) groups is 3. The zero-order valence-electron chi connectivity index (χ0n) is 15.8. The lowest BCUT2D eigenvalue weighted by Crippen LogP contribution is -2.17. The number of rotatable bonds is 7. The molecule has 2 amide bonds. The van der Waals surface area contributed by atoms with Gasteiger partial charge in [0.25, 0.3) is 5.91 Å². The molecule has 0 spiro atoms. The molecule has 0 aliphatic heterocycles. The molecule has 0 fully saturated rings. The minimum absolute atomic E-state index is 0.0219. The van der Waals surface area contributed by atoms with Crippen molar-refractivity contribution in [2.75, 3.05) is 11.9 Å². The molecule has 0 unspecified atom stereocenters. The van der Waals surface area contributed by atoms with Gasteiger partial charge in [-0.2, -0.15) is 18.3 Å². The number of hydrogen-bond acceptors (Lipinski definition) is 6. The summed E-state index contributed by atoms with van der Waals surface area (Å²) in [5, 5.41) is 6.04. The van der Waals surface area contributed by atoms with Crippen molar-refractivity contribution in [2.45, 2.75) is 39.9 Å². The summed E-state index contributed by atoms with van der Waals surface area (Å²) < 4.78 is 44.2. The maximum absolute atomic E-state index is 12.7. The van der Waals surface area contributed by atoms with E-state index in [1.165, 1.54) is 13.8 Å². The first kappa shape index (κ1) is 22.4. The van der Waals surface area contributed by atoms with Crippen LogP contribution in [0.1, 0.15) is 50.3 Å². The first-order chi connectivity index (χ1) is 13.5. The summed E-state index contributed by atoms with van der Waals surface area (Å²) >= 11 is 0.831. The van der Waals surface area contributed by atoms with Crippen molar-refractivity contribution < 1.29 is 32.3 Å². The van der Waals surface area contributed by atoms with Crippen LogP contribution in [0.5, 0.6) is 0 Å². The third kappa shape index (κ3) is 5.13. The Bertz CT molecular complexity index is 949. The highest BCUT2D eigenvalue weighted by atomic mass is 32.1. The Balaban J connectivity index is 2.17. The Hall–Kier alpha value is -2.89. The summed E-state index contributed by atoms with van der Waals surface area (Å²) in [6.07, 6.45) is -4.78. The number of ether oxygens (including phenoxy) is 1. The summed E-state index contributed by atoms with van der Waals surface area (Å²) in [5.74, 6) is -2.05. The number of aryl methyl sites for hydroxylation is 2. The zero-order chi connectivity index (χ0) is 21.9. The van der Waals surface area contributed by atoms with Gasteiger partial charge in [0.05, 0.1) is 17.0 Å². The van der Waals surface area contributed by atoms with E-state index in [2.05, 4.69) is 10.4 Å². The molecule has 3 N–H and O–H groups in total. The van der Waals surface area contributed by atoms with E-state index >= 15 is 0 Å². The van der Waals surface area contributed by atoms with Gasteiger partial charge in [-0.3, -0.25) is 14.3 Å². The van der Waals surface area contributed by atoms with E-state index in [0.29, 0.717) is 0 Å². The first-order valence-corrected chi connectivity index (χ1v) is 9.29. The Labute approximate surface area is 167 Å². The van der Waals surface area contributed by atoms with E-state index in [1.54, 1.807) is 6.92 Å². The van der Waals surface area contributed by atoms with Crippen LogP contribution in [0.3, 0.4) is 0 Å². The van der Waals surface area contributed by atoms with E-state index in [1.807, 2.05) is 0 Å². The molecule has 0 aliphatic rings. The fourth-order valence-electron chi connectivity index (χ4n) is 2.56. The molecule has 29 heavy (non-hydrogen) atoms. The highest BCUT2D eigenvalue weighted by molar-refractivity contribution is 7.18.